The van der Waals surface area contributed by atoms with Crippen LogP contribution in [-0.2, 0) is 25.8 Å². The highest BCUT2D eigenvalue weighted by Crippen LogP contribution is 2.28. The molecule has 0 radical (unpaired) electrons. The van der Waals surface area contributed by atoms with Gasteiger partial charge >= 0.3 is 0 Å². The molecule has 174 valence electrons. The molecule has 6 heteroatoms. The van der Waals surface area contributed by atoms with Gasteiger partial charge < -0.3 is 0 Å². The molecule has 1 aromatic carbocycles. The van der Waals surface area contributed by atoms with Crippen LogP contribution in [0.5, 0.6) is 0 Å². The van der Waals surface area contributed by atoms with Crippen molar-refractivity contribution in [3.05, 3.63) is 47.2 Å². The van der Waals surface area contributed by atoms with Gasteiger partial charge in [-0.1, -0.05) is 80.6 Å². The van der Waals surface area contributed by atoms with Crippen LogP contribution >= 0.6 is 11.8 Å². The molecular formula is C26H35NO4S. The summed E-state index contributed by atoms with van der Waals surface area (Å²) in [5.74, 6) is -1.37. The smallest absolute Gasteiger partial charge is 0.207 e. The first kappa shape index (κ1) is 24.7. The van der Waals surface area contributed by atoms with E-state index in [-0.39, 0.29) is 28.9 Å². The van der Waals surface area contributed by atoms with Crippen molar-refractivity contribution in [1.29, 1.82) is 0 Å². The number of rotatable bonds is 8. The fourth-order valence-corrected chi connectivity index (χ4v) is 5.26. The number of allylic oxidation sites excluding steroid dienone is 2. The molecule has 1 aliphatic heterocycles. The largest absolute Gasteiger partial charge is 0.298 e. The number of thioether (sulfide) groups is 1. The first-order valence-electron chi connectivity index (χ1n) is 12.0. The topological polar surface area (TPSA) is 72.5 Å². The predicted octanol–water partition coefficient (Wildman–Crippen LogP) is 5.68. The third kappa shape index (κ3) is 7.89. The van der Waals surface area contributed by atoms with Crippen molar-refractivity contribution in [3.63, 3.8) is 0 Å². The highest BCUT2D eigenvalue weighted by Gasteiger charge is 2.39. The summed E-state index contributed by atoms with van der Waals surface area (Å²) in [6, 6.07) is 10.0. The maximum atomic E-state index is 12.7. The minimum absolute atomic E-state index is 0.137. The fraction of sp³-hybridized carbons (Fsp3) is 0.577. The average Bonchev–Trinajstić information content (AvgIpc) is 3.13. The van der Waals surface area contributed by atoms with Gasteiger partial charge in [-0.3, -0.25) is 24.7 Å². The summed E-state index contributed by atoms with van der Waals surface area (Å²) in [7, 11) is 0. The molecule has 3 rings (SSSR count). The molecule has 32 heavy (non-hydrogen) atoms. The van der Waals surface area contributed by atoms with E-state index in [4.69, 9.17) is 4.84 Å². The number of carbonyl (C=O) groups is 3. The zero-order chi connectivity index (χ0) is 22.6. The summed E-state index contributed by atoms with van der Waals surface area (Å²) < 4.78 is 0. The zero-order valence-electron chi connectivity index (χ0n) is 18.9. The van der Waals surface area contributed by atoms with Gasteiger partial charge in [-0.05, 0) is 43.2 Å². The van der Waals surface area contributed by atoms with E-state index in [0.29, 0.717) is 13.0 Å². The predicted molar refractivity (Wildman–Crippen MR) is 128 cm³/mol. The van der Waals surface area contributed by atoms with Crippen molar-refractivity contribution in [3.8, 4) is 0 Å². The van der Waals surface area contributed by atoms with Crippen molar-refractivity contribution < 1.29 is 19.2 Å². The van der Waals surface area contributed by atoms with E-state index >= 15 is 0 Å². The molecule has 1 unspecified atom stereocenters. The van der Waals surface area contributed by atoms with Gasteiger partial charge in [0.25, 0.3) is 0 Å². The van der Waals surface area contributed by atoms with Crippen LogP contribution < -0.4 is 5.48 Å². The summed E-state index contributed by atoms with van der Waals surface area (Å²) in [5.41, 5.74) is 6.59. The molecule has 0 amide bonds. The number of nitrogens with one attached hydrogen (secondary N) is 1. The third-order valence-corrected chi connectivity index (χ3v) is 7.22. The standard InChI is InChI=1S/C26H35NO4S/c28-23(25-24(29)19-32-26(25)30)17-16-21-14-10-5-3-1-2-4-6-11-15-22(21)27-31-18-20-12-8-7-9-13-20/h7-9,12-13,25,27H,1-6,10-11,14-19H2. The van der Waals surface area contributed by atoms with Crippen LogP contribution in [0.1, 0.15) is 82.6 Å². The molecule has 0 spiro atoms. The molecule has 1 aromatic rings. The lowest BCUT2D eigenvalue weighted by Crippen LogP contribution is -2.25. The van der Waals surface area contributed by atoms with E-state index in [9.17, 15) is 14.4 Å². The lowest BCUT2D eigenvalue weighted by Gasteiger charge is -2.19. The monoisotopic (exact) mass is 457 g/mol. The fourth-order valence-electron chi connectivity index (χ4n) is 4.38. The molecule has 1 saturated heterocycles. The SMILES string of the molecule is O=C(CCC1=C(NOCc2ccccc2)CCCCCCCCCC1)C1C(=O)CSC1=O. The van der Waals surface area contributed by atoms with Gasteiger partial charge in [-0.15, -0.1) is 0 Å². The van der Waals surface area contributed by atoms with E-state index in [2.05, 4.69) is 5.48 Å². The zero-order valence-corrected chi connectivity index (χ0v) is 19.7. The molecule has 1 heterocycles. The van der Waals surface area contributed by atoms with Crippen LogP contribution in [0.2, 0.25) is 0 Å². The van der Waals surface area contributed by atoms with Crippen LogP contribution in [0.15, 0.2) is 41.6 Å². The molecule has 0 bridgehead atoms. The van der Waals surface area contributed by atoms with Crippen LogP contribution in [0.25, 0.3) is 0 Å². The Morgan fingerprint density at radius 2 is 1.59 bits per heavy atom. The second kappa shape index (κ2) is 13.6. The second-order valence-electron chi connectivity index (χ2n) is 8.76. The Balaban J connectivity index is 1.67. The van der Waals surface area contributed by atoms with E-state index in [1.54, 1.807) is 0 Å². The number of ketones is 2. The molecular weight excluding hydrogens is 422 g/mol. The number of hydrogen-bond acceptors (Lipinski definition) is 6. The Hall–Kier alpha value is -1.92. The quantitative estimate of drug-likeness (QED) is 0.400. The normalized spacial score (nSPS) is 21.2. The Labute approximate surface area is 195 Å². The van der Waals surface area contributed by atoms with Gasteiger partial charge in [0, 0.05) is 12.1 Å². The van der Waals surface area contributed by atoms with E-state index in [1.807, 2.05) is 30.3 Å². The number of benzene rings is 1. The molecule has 0 aromatic heterocycles. The number of hydrogen-bond donors (Lipinski definition) is 1. The van der Waals surface area contributed by atoms with Crippen LogP contribution in [0.3, 0.4) is 0 Å². The summed E-state index contributed by atoms with van der Waals surface area (Å²) in [6.45, 7) is 0.471. The molecule has 1 fully saturated rings. The molecule has 1 N–H and O–H groups in total. The van der Waals surface area contributed by atoms with E-state index in [1.165, 1.54) is 44.1 Å². The van der Waals surface area contributed by atoms with Crippen molar-refractivity contribution >= 4 is 28.4 Å². The lowest BCUT2D eigenvalue weighted by atomic mass is 9.92. The van der Waals surface area contributed by atoms with Crippen LogP contribution in [0.4, 0.5) is 0 Å². The summed E-state index contributed by atoms with van der Waals surface area (Å²) in [6.07, 6.45) is 12.3. The van der Waals surface area contributed by atoms with Crippen LogP contribution in [0, 0.1) is 5.92 Å². The maximum Gasteiger partial charge on any atom is 0.207 e. The van der Waals surface area contributed by atoms with Crippen molar-refractivity contribution in [1.82, 2.24) is 5.48 Å². The molecule has 0 saturated carbocycles. The number of Topliss-reactive ketones (excluding diaryl/α,β-unsaturated/α-hetero) is 2. The second-order valence-corrected chi connectivity index (χ2v) is 9.74. The first-order chi connectivity index (χ1) is 15.6. The minimum Gasteiger partial charge on any atom is -0.298 e. The Morgan fingerprint density at radius 3 is 2.25 bits per heavy atom. The van der Waals surface area contributed by atoms with Crippen LogP contribution in [-0.4, -0.2) is 22.4 Å². The maximum absolute atomic E-state index is 12.7. The van der Waals surface area contributed by atoms with Gasteiger partial charge in [-0.25, -0.2) is 0 Å². The third-order valence-electron chi connectivity index (χ3n) is 6.27. The first-order valence-corrected chi connectivity index (χ1v) is 13.0. The van der Waals surface area contributed by atoms with Gasteiger partial charge in [0.05, 0.1) is 12.4 Å². The highest BCUT2D eigenvalue weighted by atomic mass is 32.2. The van der Waals surface area contributed by atoms with Crippen molar-refractivity contribution in [2.75, 3.05) is 5.75 Å². The highest BCUT2D eigenvalue weighted by molar-refractivity contribution is 8.15. The Kier molecular flexibility index (Phi) is 10.5. The van der Waals surface area contributed by atoms with E-state index in [0.717, 1.165) is 48.7 Å². The summed E-state index contributed by atoms with van der Waals surface area (Å²) in [5, 5.41) is -0.280. The summed E-state index contributed by atoms with van der Waals surface area (Å²) >= 11 is 0.975. The van der Waals surface area contributed by atoms with Gasteiger partial charge in [0.2, 0.25) is 5.12 Å². The van der Waals surface area contributed by atoms with Crippen molar-refractivity contribution in [2.24, 2.45) is 5.92 Å². The molecule has 1 atom stereocenters. The Bertz CT molecular complexity index is 789. The van der Waals surface area contributed by atoms with E-state index < -0.39 is 5.92 Å². The number of carbonyl (C=O) groups excluding carboxylic acids is 3. The van der Waals surface area contributed by atoms with Crippen molar-refractivity contribution in [2.45, 2.75) is 83.7 Å². The minimum atomic E-state index is -1.04. The molecule has 5 nitrogen and oxygen atoms in total. The number of hydroxylamine groups is 1. The van der Waals surface area contributed by atoms with Gasteiger partial charge in [-0.2, -0.15) is 0 Å². The average molecular weight is 458 g/mol. The molecule has 2 aliphatic rings. The Morgan fingerprint density at radius 1 is 0.938 bits per heavy atom. The summed E-state index contributed by atoms with van der Waals surface area (Å²) in [4.78, 5) is 42.4. The van der Waals surface area contributed by atoms with Gasteiger partial charge in [0.15, 0.2) is 11.6 Å². The molecule has 1 aliphatic carbocycles. The lowest BCUT2D eigenvalue weighted by molar-refractivity contribution is -0.134. The van der Waals surface area contributed by atoms with Gasteiger partial charge in [0.1, 0.15) is 5.92 Å².